The van der Waals surface area contributed by atoms with Gasteiger partial charge in [-0.1, -0.05) is 12.1 Å². The van der Waals surface area contributed by atoms with Gasteiger partial charge in [0.15, 0.2) is 11.4 Å². The summed E-state index contributed by atoms with van der Waals surface area (Å²) in [6.07, 6.45) is -3.72. The van der Waals surface area contributed by atoms with Crippen LogP contribution in [0.15, 0.2) is 4.52 Å². The van der Waals surface area contributed by atoms with Gasteiger partial charge in [0.25, 0.3) is 5.89 Å². The maximum absolute atomic E-state index is 12.9. The minimum absolute atomic E-state index is 0.0414. The van der Waals surface area contributed by atoms with Gasteiger partial charge in [-0.2, -0.15) is 29.9 Å². The maximum atomic E-state index is 12.9. The largest absolute Gasteiger partial charge is 0.415 e. The molecular formula is C11H16F3N3OS2. The lowest BCUT2D eigenvalue weighted by atomic mass is 10.0. The van der Waals surface area contributed by atoms with Crippen molar-refractivity contribution in [2.45, 2.75) is 42.5 Å². The zero-order chi connectivity index (χ0) is 15.0. The van der Waals surface area contributed by atoms with E-state index < -0.39 is 17.6 Å². The van der Waals surface area contributed by atoms with E-state index in [4.69, 9.17) is 10.3 Å². The molecule has 9 heteroatoms. The molecule has 114 valence electrons. The van der Waals surface area contributed by atoms with Gasteiger partial charge in [-0.05, 0) is 13.3 Å². The average molecular weight is 327 g/mol. The number of rotatable bonds is 3. The molecule has 2 rings (SSSR count). The highest BCUT2D eigenvalue weighted by Crippen LogP contribution is 2.44. The third-order valence-corrected chi connectivity index (χ3v) is 6.42. The summed E-state index contributed by atoms with van der Waals surface area (Å²) >= 11 is 3.45. The summed E-state index contributed by atoms with van der Waals surface area (Å²) < 4.78 is 43.3. The molecule has 3 unspecified atom stereocenters. The minimum atomic E-state index is -4.63. The fourth-order valence-corrected chi connectivity index (χ4v) is 4.81. The van der Waals surface area contributed by atoms with E-state index in [0.717, 1.165) is 24.9 Å². The fraction of sp³-hybridized carbons (Fsp3) is 0.818. The van der Waals surface area contributed by atoms with Gasteiger partial charge in [0.2, 0.25) is 0 Å². The normalized spacial score (nSPS) is 27.3. The lowest BCUT2D eigenvalue weighted by Crippen LogP contribution is -2.48. The molecule has 0 radical (unpaired) electrons. The van der Waals surface area contributed by atoms with E-state index in [1.54, 1.807) is 23.5 Å². The van der Waals surface area contributed by atoms with Gasteiger partial charge in [-0.25, -0.2) is 0 Å². The summed E-state index contributed by atoms with van der Waals surface area (Å²) in [5.74, 6) is 1.69. The zero-order valence-electron chi connectivity index (χ0n) is 11.1. The predicted octanol–water partition coefficient (Wildman–Crippen LogP) is 3.11. The van der Waals surface area contributed by atoms with Gasteiger partial charge >= 0.3 is 6.18 Å². The molecule has 2 N–H and O–H groups in total. The van der Waals surface area contributed by atoms with Crippen molar-refractivity contribution in [3.05, 3.63) is 11.7 Å². The first-order chi connectivity index (χ1) is 9.27. The van der Waals surface area contributed by atoms with Crippen molar-refractivity contribution in [3.63, 3.8) is 0 Å². The number of thioether (sulfide) groups is 2. The second-order valence-corrected chi connectivity index (χ2v) is 7.36. The van der Waals surface area contributed by atoms with Crippen LogP contribution in [0.25, 0.3) is 0 Å². The van der Waals surface area contributed by atoms with E-state index in [-0.39, 0.29) is 10.5 Å². The Morgan fingerprint density at radius 2 is 2.00 bits per heavy atom. The SMILES string of the molecule is CCC1SCCSC1c1noc(C(C)(N)C(F)(F)F)n1. The molecule has 0 spiro atoms. The van der Waals surface area contributed by atoms with Crippen LogP contribution in [0.4, 0.5) is 13.2 Å². The second kappa shape index (κ2) is 5.76. The third kappa shape index (κ3) is 2.94. The van der Waals surface area contributed by atoms with Gasteiger partial charge < -0.3 is 10.3 Å². The third-order valence-electron chi connectivity index (χ3n) is 3.18. The Bertz CT molecular complexity index is 464. The number of nitrogens with zero attached hydrogens (tertiary/aromatic N) is 2. The molecule has 1 aromatic rings. The lowest BCUT2D eigenvalue weighted by molar-refractivity contribution is -0.190. The van der Waals surface area contributed by atoms with Crippen molar-refractivity contribution in [1.29, 1.82) is 0 Å². The van der Waals surface area contributed by atoms with Gasteiger partial charge in [0.1, 0.15) is 0 Å². The van der Waals surface area contributed by atoms with E-state index in [2.05, 4.69) is 10.1 Å². The van der Waals surface area contributed by atoms with E-state index in [1.165, 1.54) is 0 Å². The molecule has 1 aliphatic rings. The first-order valence-electron chi connectivity index (χ1n) is 6.20. The van der Waals surface area contributed by atoms with Crippen molar-refractivity contribution in [1.82, 2.24) is 10.1 Å². The molecule has 1 fully saturated rings. The Morgan fingerprint density at radius 1 is 1.35 bits per heavy atom. The predicted molar refractivity (Wildman–Crippen MR) is 73.6 cm³/mol. The van der Waals surface area contributed by atoms with E-state index in [0.29, 0.717) is 5.82 Å². The summed E-state index contributed by atoms with van der Waals surface area (Å²) in [7, 11) is 0. The van der Waals surface area contributed by atoms with Gasteiger partial charge in [-0.15, -0.1) is 11.8 Å². The van der Waals surface area contributed by atoms with Gasteiger partial charge in [0.05, 0.1) is 5.25 Å². The number of hydrogen-bond donors (Lipinski definition) is 1. The first kappa shape index (κ1) is 16.0. The van der Waals surface area contributed by atoms with Crippen LogP contribution < -0.4 is 5.73 Å². The summed E-state index contributed by atoms with van der Waals surface area (Å²) in [5.41, 5.74) is 2.67. The molecule has 0 bridgehead atoms. The quantitative estimate of drug-likeness (QED) is 0.920. The number of hydrogen-bond acceptors (Lipinski definition) is 6. The van der Waals surface area contributed by atoms with Crippen LogP contribution in [0.1, 0.15) is 37.2 Å². The highest BCUT2D eigenvalue weighted by atomic mass is 32.2. The van der Waals surface area contributed by atoms with Crippen LogP contribution in [0, 0.1) is 0 Å². The minimum Gasteiger partial charge on any atom is -0.337 e. The number of halogens is 3. The molecule has 4 nitrogen and oxygen atoms in total. The van der Waals surface area contributed by atoms with Crippen LogP contribution in [0.3, 0.4) is 0 Å². The second-order valence-electron chi connectivity index (χ2n) is 4.77. The smallest absolute Gasteiger partial charge is 0.337 e. The van der Waals surface area contributed by atoms with Crippen LogP contribution >= 0.6 is 23.5 Å². The monoisotopic (exact) mass is 327 g/mol. The zero-order valence-corrected chi connectivity index (χ0v) is 12.7. The molecule has 20 heavy (non-hydrogen) atoms. The summed E-state index contributed by atoms with van der Waals surface area (Å²) in [5, 5.41) is 3.96. The summed E-state index contributed by atoms with van der Waals surface area (Å²) in [6.45, 7) is 2.88. The molecule has 0 saturated carbocycles. The first-order valence-corrected chi connectivity index (χ1v) is 8.30. The molecule has 0 amide bonds. The van der Waals surface area contributed by atoms with Crippen molar-refractivity contribution in [3.8, 4) is 0 Å². The lowest BCUT2D eigenvalue weighted by Gasteiger charge is -2.27. The highest BCUT2D eigenvalue weighted by molar-refractivity contribution is 8.06. The van der Waals surface area contributed by atoms with Gasteiger partial charge in [-0.3, -0.25) is 0 Å². The molecule has 0 aromatic carbocycles. The maximum Gasteiger partial charge on any atom is 0.415 e. The molecule has 1 aliphatic heterocycles. The van der Waals surface area contributed by atoms with E-state index >= 15 is 0 Å². The standard InChI is InChI=1S/C11H16F3N3OS2/c1-3-6-7(20-5-4-19-6)8-16-9(18-17-8)10(2,15)11(12,13)14/h6-7H,3-5,15H2,1-2H3. The molecule has 0 aliphatic carbocycles. The number of nitrogens with two attached hydrogens (primary N) is 1. The van der Waals surface area contributed by atoms with Crippen molar-refractivity contribution >= 4 is 23.5 Å². The Kier molecular flexibility index (Phi) is 4.60. The Hall–Kier alpha value is -0.410. The van der Waals surface area contributed by atoms with Crippen molar-refractivity contribution in [2.75, 3.05) is 11.5 Å². The summed E-state index contributed by atoms with van der Waals surface area (Å²) in [6, 6.07) is 0. The van der Waals surface area contributed by atoms with E-state index in [1.807, 2.05) is 6.92 Å². The molecule has 1 saturated heterocycles. The average Bonchev–Trinajstić information content (AvgIpc) is 2.87. The van der Waals surface area contributed by atoms with E-state index in [9.17, 15) is 13.2 Å². The Balaban J connectivity index is 2.24. The van der Waals surface area contributed by atoms with Crippen LogP contribution in [0.5, 0.6) is 0 Å². The van der Waals surface area contributed by atoms with Crippen LogP contribution in [-0.2, 0) is 5.54 Å². The van der Waals surface area contributed by atoms with Crippen LogP contribution in [-0.4, -0.2) is 33.1 Å². The summed E-state index contributed by atoms with van der Waals surface area (Å²) in [4.78, 5) is 3.91. The molecule has 2 heterocycles. The van der Waals surface area contributed by atoms with Gasteiger partial charge in [0, 0.05) is 16.8 Å². The van der Waals surface area contributed by atoms with Crippen molar-refractivity contribution < 1.29 is 17.7 Å². The fourth-order valence-electron chi connectivity index (χ4n) is 1.82. The molecular weight excluding hydrogens is 311 g/mol. The number of alkyl halides is 3. The molecule has 1 aromatic heterocycles. The van der Waals surface area contributed by atoms with Crippen LogP contribution in [0.2, 0.25) is 0 Å². The van der Waals surface area contributed by atoms with Crippen molar-refractivity contribution in [2.24, 2.45) is 5.73 Å². The topological polar surface area (TPSA) is 64.9 Å². The Labute approximate surface area is 123 Å². The Morgan fingerprint density at radius 3 is 2.60 bits per heavy atom. The molecule has 3 atom stereocenters. The number of aromatic nitrogens is 2. The highest BCUT2D eigenvalue weighted by Gasteiger charge is 2.54.